The molecule has 0 unspecified atom stereocenters. The third-order valence-corrected chi connectivity index (χ3v) is 4.42. The van der Waals surface area contributed by atoms with Crippen LogP contribution in [0.5, 0.6) is 0 Å². The number of aromatic nitrogens is 2. The largest absolute Gasteiger partial charge is 0.356 e. The Bertz CT molecular complexity index is 830. The molecule has 0 atom stereocenters. The van der Waals surface area contributed by atoms with E-state index in [0.717, 1.165) is 34.1 Å². The number of para-hydroxylation sites is 1. The average molecular weight is 398 g/mol. The van der Waals surface area contributed by atoms with E-state index in [2.05, 4.69) is 26.3 Å². The van der Waals surface area contributed by atoms with Gasteiger partial charge in [0.2, 0.25) is 5.91 Å². The van der Waals surface area contributed by atoms with Crippen molar-refractivity contribution in [3.8, 4) is 5.69 Å². The van der Waals surface area contributed by atoms with E-state index in [-0.39, 0.29) is 5.91 Å². The highest BCUT2D eigenvalue weighted by Gasteiger charge is 2.04. The van der Waals surface area contributed by atoms with Gasteiger partial charge in [0.1, 0.15) is 0 Å². The number of carbonyl (C=O) groups excluding carboxylic acids is 1. The van der Waals surface area contributed by atoms with Crippen LogP contribution in [0.2, 0.25) is 0 Å². The van der Waals surface area contributed by atoms with E-state index in [0.29, 0.717) is 13.0 Å². The molecule has 3 aromatic rings. The van der Waals surface area contributed by atoms with Crippen LogP contribution in [0.1, 0.15) is 17.5 Å². The van der Waals surface area contributed by atoms with Crippen LogP contribution in [0.15, 0.2) is 71.5 Å². The monoisotopic (exact) mass is 397 g/mol. The Morgan fingerprint density at radius 2 is 1.88 bits per heavy atom. The first-order valence-corrected chi connectivity index (χ1v) is 9.10. The lowest BCUT2D eigenvalue weighted by Crippen LogP contribution is -2.25. The maximum Gasteiger partial charge on any atom is 0.220 e. The van der Waals surface area contributed by atoms with Crippen molar-refractivity contribution < 1.29 is 4.79 Å². The van der Waals surface area contributed by atoms with Crippen LogP contribution in [0, 0.1) is 0 Å². The van der Waals surface area contributed by atoms with Crippen molar-refractivity contribution in [3.63, 3.8) is 0 Å². The average Bonchev–Trinajstić information content (AvgIpc) is 3.10. The predicted octanol–water partition coefficient (Wildman–Crippen LogP) is 3.93. The van der Waals surface area contributed by atoms with Gasteiger partial charge in [-0.05, 0) is 48.2 Å². The number of amides is 1. The van der Waals surface area contributed by atoms with Crippen molar-refractivity contribution >= 4 is 21.8 Å². The summed E-state index contributed by atoms with van der Waals surface area (Å²) in [6, 6.07) is 18.0. The van der Waals surface area contributed by atoms with Crippen molar-refractivity contribution in [3.05, 3.63) is 82.6 Å². The maximum atomic E-state index is 12.0. The van der Waals surface area contributed by atoms with Crippen LogP contribution in [0.4, 0.5) is 0 Å². The van der Waals surface area contributed by atoms with E-state index in [9.17, 15) is 4.79 Å². The van der Waals surface area contributed by atoms with Crippen LogP contribution < -0.4 is 5.32 Å². The molecule has 5 heteroatoms. The molecule has 4 nitrogen and oxygen atoms in total. The Kier molecular flexibility index (Phi) is 6.01. The number of nitrogens with one attached hydrogen (secondary N) is 1. The molecule has 0 saturated heterocycles. The fraction of sp³-hybridized carbons (Fsp3) is 0.200. The van der Waals surface area contributed by atoms with Crippen molar-refractivity contribution in [2.45, 2.75) is 19.3 Å². The predicted molar refractivity (Wildman–Crippen MR) is 103 cm³/mol. The van der Waals surface area contributed by atoms with E-state index in [1.165, 1.54) is 0 Å². The number of rotatable bonds is 7. The fourth-order valence-electron chi connectivity index (χ4n) is 2.60. The highest BCUT2D eigenvalue weighted by molar-refractivity contribution is 9.10. The molecule has 0 radical (unpaired) electrons. The van der Waals surface area contributed by atoms with Crippen LogP contribution in [-0.2, 0) is 17.6 Å². The first kappa shape index (κ1) is 17.4. The minimum atomic E-state index is 0.0791. The van der Waals surface area contributed by atoms with Crippen LogP contribution >= 0.6 is 15.9 Å². The molecule has 0 spiro atoms. The lowest BCUT2D eigenvalue weighted by Gasteiger charge is -2.05. The zero-order valence-electron chi connectivity index (χ0n) is 13.9. The molecule has 1 aromatic heterocycles. The topological polar surface area (TPSA) is 46.9 Å². The molecule has 0 bridgehead atoms. The molecule has 1 heterocycles. The molecule has 0 aliphatic rings. The number of hydrogen-bond acceptors (Lipinski definition) is 2. The molecule has 0 aliphatic heterocycles. The molecule has 1 N–H and O–H groups in total. The van der Waals surface area contributed by atoms with Gasteiger partial charge in [-0.15, -0.1) is 0 Å². The van der Waals surface area contributed by atoms with E-state index in [4.69, 9.17) is 0 Å². The summed E-state index contributed by atoms with van der Waals surface area (Å²) in [6.45, 7) is 0.623. The smallest absolute Gasteiger partial charge is 0.220 e. The third-order valence-electron chi connectivity index (χ3n) is 3.92. The Hall–Kier alpha value is -2.40. The number of benzene rings is 2. The summed E-state index contributed by atoms with van der Waals surface area (Å²) in [6.07, 6.45) is 5.87. The number of carbonyl (C=O) groups is 1. The van der Waals surface area contributed by atoms with Gasteiger partial charge in [-0.2, -0.15) is 5.10 Å². The molecular weight excluding hydrogens is 378 g/mol. The summed E-state index contributed by atoms with van der Waals surface area (Å²) < 4.78 is 2.89. The second kappa shape index (κ2) is 8.62. The zero-order chi connectivity index (χ0) is 17.5. The maximum absolute atomic E-state index is 12.0. The second-order valence-electron chi connectivity index (χ2n) is 5.86. The van der Waals surface area contributed by atoms with Gasteiger partial charge in [-0.3, -0.25) is 4.79 Å². The highest BCUT2D eigenvalue weighted by Crippen LogP contribution is 2.13. The summed E-state index contributed by atoms with van der Waals surface area (Å²) in [4.78, 5) is 12.0. The number of nitrogens with zero attached hydrogens (tertiary/aromatic N) is 2. The van der Waals surface area contributed by atoms with Crippen LogP contribution in [0.25, 0.3) is 5.69 Å². The van der Waals surface area contributed by atoms with Gasteiger partial charge in [-0.1, -0.05) is 46.3 Å². The van der Waals surface area contributed by atoms with E-state index in [1.807, 2.05) is 71.7 Å². The van der Waals surface area contributed by atoms with Gasteiger partial charge in [0, 0.05) is 23.6 Å². The van der Waals surface area contributed by atoms with Gasteiger partial charge in [-0.25, -0.2) is 4.68 Å². The molecule has 0 saturated carbocycles. The van der Waals surface area contributed by atoms with Gasteiger partial charge >= 0.3 is 0 Å². The Balaban J connectivity index is 1.42. The van der Waals surface area contributed by atoms with Crippen LogP contribution in [-0.4, -0.2) is 22.2 Å². The first-order chi connectivity index (χ1) is 12.2. The number of halogens is 1. The van der Waals surface area contributed by atoms with Crippen molar-refractivity contribution in [1.29, 1.82) is 0 Å². The summed E-state index contributed by atoms with van der Waals surface area (Å²) in [5.74, 6) is 0.0791. The second-order valence-corrected chi connectivity index (χ2v) is 6.77. The standard InChI is InChI=1S/C20H20BrN3O/c21-18-6-4-5-16(13-18)9-10-20(25)22-12-11-17-14-23-24(15-17)19-7-2-1-3-8-19/h1-8,13-15H,9-12H2,(H,22,25). The van der Waals surface area contributed by atoms with Crippen molar-refractivity contribution in [2.75, 3.05) is 6.54 Å². The molecular formula is C20H20BrN3O. The Morgan fingerprint density at radius 3 is 2.68 bits per heavy atom. The highest BCUT2D eigenvalue weighted by atomic mass is 79.9. The minimum absolute atomic E-state index is 0.0791. The summed E-state index contributed by atoms with van der Waals surface area (Å²) in [5, 5.41) is 7.35. The quantitative estimate of drug-likeness (QED) is 0.656. The molecule has 0 fully saturated rings. The molecule has 2 aromatic carbocycles. The van der Waals surface area contributed by atoms with Gasteiger partial charge < -0.3 is 5.32 Å². The van der Waals surface area contributed by atoms with E-state index >= 15 is 0 Å². The minimum Gasteiger partial charge on any atom is -0.356 e. The number of hydrogen-bond donors (Lipinski definition) is 1. The van der Waals surface area contributed by atoms with Crippen LogP contribution in [0.3, 0.4) is 0 Å². The first-order valence-electron chi connectivity index (χ1n) is 8.31. The Labute approximate surface area is 156 Å². The lowest BCUT2D eigenvalue weighted by molar-refractivity contribution is -0.121. The normalized spacial score (nSPS) is 10.6. The molecule has 3 rings (SSSR count). The Morgan fingerprint density at radius 1 is 1.04 bits per heavy atom. The zero-order valence-corrected chi connectivity index (χ0v) is 15.4. The van der Waals surface area contributed by atoms with Crippen molar-refractivity contribution in [1.82, 2.24) is 15.1 Å². The summed E-state index contributed by atoms with van der Waals surface area (Å²) in [7, 11) is 0. The van der Waals surface area contributed by atoms with Crippen molar-refractivity contribution in [2.24, 2.45) is 0 Å². The molecule has 1 amide bonds. The molecule has 128 valence electrons. The van der Waals surface area contributed by atoms with Gasteiger partial charge in [0.25, 0.3) is 0 Å². The SMILES string of the molecule is O=C(CCc1cccc(Br)c1)NCCc1cnn(-c2ccccc2)c1. The fourth-order valence-corrected chi connectivity index (χ4v) is 3.04. The van der Waals surface area contributed by atoms with E-state index in [1.54, 1.807) is 0 Å². The molecule has 0 aliphatic carbocycles. The molecule has 25 heavy (non-hydrogen) atoms. The van der Waals surface area contributed by atoms with Gasteiger partial charge in [0.05, 0.1) is 11.9 Å². The summed E-state index contributed by atoms with van der Waals surface area (Å²) in [5.41, 5.74) is 3.30. The van der Waals surface area contributed by atoms with E-state index < -0.39 is 0 Å². The summed E-state index contributed by atoms with van der Waals surface area (Å²) >= 11 is 3.45. The number of aryl methyl sites for hydroxylation is 1. The van der Waals surface area contributed by atoms with Gasteiger partial charge in [0.15, 0.2) is 0 Å². The lowest BCUT2D eigenvalue weighted by atomic mass is 10.1. The third kappa shape index (κ3) is 5.29.